The second-order valence-electron chi connectivity index (χ2n) is 4.63. The Morgan fingerprint density at radius 3 is 2.95 bits per heavy atom. The molecule has 4 nitrogen and oxygen atoms in total. The first-order valence-corrected chi connectivity index (χ1v) is 7.36. The summed E-state index contributed by atoms with van der Waals surface area (Å²) < 4.78 is 16.0. The van der Waals surface area contributed by atoms with Crippen LogP contribution in [0.25, 0.3) is 0 Å². The van der Waals surface area contributed by atoms with Gasteiger partial charge >= 0.3 is 0 Å². The van der Waals surface area contributed by atoms with Crippen LogP contribution in [0.1, 0.15) is 30.8 Å². The maximum atomic E-state index is 13.2. The Labute approximate surface area is 126 Å². The van der Waals surface area contributed by atoms with Gasteiger partial charge in [0.15, 0.2) is 0 Å². The van der Waals surface area contributed by atoms with Crippen LogP contribution >= 0.6 is 15.9 Å². The van der Waals surface area contributed by atoms with Crippen molar-refractivity contribution >= 4 is 15.9 Å². The van der Waals surface area contributed by atoms with Gasteiger partial charge in [0.2, 0.25) is 0 Å². The fraction of sp³-hybridized carbons (Fsp3) is 0.357. The molecule has 1 heterocycles. The molecule has 0 bridgehead atoms. The predicted octanol–water partition coefficient (Wildman–Crippen LogP) is 2.94. The number of nitrogens with zero attached hydrogens (tertiary/aromatic N) is 2. The normalized spacial score (nSPS) is 12.6. The summed E-state index contributed by atoms with van der Waals surface area (Å²) >= 11 is 3.38. The molecule has 0 aliphatic heterocycles. The Kier molecular flexibility index (Phi) is 5.28. The molecule has 0 spiro atoms. The van der Waals surface area contributed by atoms with Crippen LogP contribution in [0.5, 0.6) is 0 Å². The zero-order valence-corrected chi connectivity index (χ0v) is 12.9. The number of hydrogen-bond acceptors (Lipinski definition) is 3. The summed E-state index contributed by atoms with van der Waals surface area (Å²) in [6.45, 7) is 3.05. The van der Waals surface area contributed by atoms with E-state index in [4.69, 9.17) is 5.84 Å². The topological polar surface area (TPSA) is 55.9 Å². The zero-order chi connectivity index (χ0) is 14.5. The monoisotopic (exact) mass is 340 g/mol. The van der Waals surface area contributed by atoms with Crippen LogP contribution in [0.4, 0.5) is 4.39 Å². The molecule has 6 heteroatoms. The van der Waals surface area contributed by atoms with Gasteiger partial charge in [0, 0.05) is 29.8 Å². The van der Waals surface area contributed by atoms with Crippen LogP contribution in [0.2, 0.25) is 0 Å². The Hall–Kier alpha value is -1.24. The molecule has 2 rings (SSSR count). The minimum Gasteiger partial charge on any atom is -0.335 e. The lowest BCUT2D eigenvalue weighted by molar-refractivity contribution is 0.514. The summed E-state index contributed by atoms with van der Waals surface area (Å²) in [5.41, 5.74) is 3.70. The predicted molar refractivity (Wildman–Crippen MR) is 80.4 cm³/mol. The molecule has 0 saturated heterocycles. The lowest BCUT2D eigenvalue weighted by Gasteiger charge is -2.18. The molecule has 20 heavy (non-hydrogen) atoms. The summed E-state index contributed by atoms with van der Waals surface area (Å²) in [7, 11) is 0. The number of aryl methyl sites for hydroxylation is 1. The van der Waals surface area contributed by atoms with Gasteiger partial charge in [-0.25, -0.2) is 9.37 Å². The van der Waals surface area contributed by atoms with Crippen LogP contribution in [0.15, 0.2) is 35.1 Å². The van der Waals surface area contributed by atoms with Gasteiger partial charge in [-0.15, -0.1) is 0 Å². The number of nitrogens with one attached hydrogen (secondary N) is 1. The molecule has 0 amide bonds. The lowest BCUT2D eigenvalue weighted by atomic mass is 10.0. The molecule has 1 atom stereocenters. The number of hydrazine groups is 1. The molecule has 1 aromatic carbocycles. The molecule has 3 N–H and O–H groups in total. The van der Waals surface area contributed by atoms with E-state index in [1.807, 2.05) is 6.20 Å². The second-order valence-corrected chi connectivity index (χ2v) is 5.48. The second kappa shape index (κ2) is 6.97. The van der Waals surface area contributed by atoms with Crippen molar-refractivity contribution in [3.63, 3.8) is 0 Å². The van der Waals surface area contributed by atoms with Crippen LogP contribution in [-0.2, 0) is 13.0 Å². The summed E-state index contributed by atoms with van der Waals surface area (Å²) in [6.07, 6.45) is 5.45. The van der Waals surface area contributed by atoms with Gasteiger partial charge in [-0.3, -0.25) is 11.3 Å². The van der Waals surface area contributed by atoms with Crippen LogP contribution < -0.4 is 11.3 Å². The largest absolute Gasteiger partial charge is 0.335 e. The minimum atomic E-state index is -0.274. The van der Waals surface area contributed by atoms with E-state index in [2.05, 4.69) is 37.8 Å². The van der Waals surface area contributed by atoms with E-state index < -0.39 is 0 Å². The van der Waals surface area contributed by atoms with Gasteiger partial charge in [0.1, 0.15) is 11.6 Å². The van der Waals surface area contributed by atoms with Gasteiger partial charge in [0.25, 0.3) is 0 Å². The molecule has 0 aliphatic carbocycles. The van der Waals surface area contributed by atoms with Gasteiger partial charge in [0.05, 0.1) is 6.04 Å². The standard InChI is InChI=1S/C14H18BrFN4/c1-2-6-20-7-5-18-14(20)9-13(19-17)11-4-3-10(16)8-12(11)15/h3-5,7-8,13,19H,2,6,9,17H2,1H3. The maximum absolute atomic E-state index is 13.2. The van der Waals surface area contributed by atoms with E-state index >= 15 is 0 Å². The van der Waals surface area contributed by atoms with Crippen LogP contribution in [0.3, 0.4) is 0 Å². The highest BCUT2D eigenvalue weighted by Crippen LogP contribution is 2.26. The lowest BCUT2D eigenvalue weighted by Crippen LogP contribution is -2.30. The third-order valence-electron chi connectivity index (χ3n) is 3.19. The third-order valence-corrected chi connectivity index (χ3v) is 3.88. The Bertz CT molecular complexity index is 570. The fourth-order valence-electron chi connectivity index (χ4n) is 2.20. The molecule has 0 saturated carbocycles. The van der Waals surface area contributed by atoms with Gasteiger partial charge in [-0.05, 0) is 24.1 Å². The van der Waals surface area contributed by atoms with E-state index in [9.17, 15) is 4.39 Å². The first-order valence-electron chi connectivity index (χ1n) is 6.56. The smallest absolute Gasteiger partial charge is 0.124 e. The molecule has 0 fully saturated rings. The first kappa shape index (κ1) is 15.2. The molecule has 2 aromatic rings. The van der Waals surface area contributed by atoms with Crippen molar-refractivity contribution < 1.29 is 4.39 Å². The molecule has 108 valence electrons. The van der Waals surface area contributed by atoms with E-state index in [0.717, 1.165) is 24.4 Å². The SMILES string of the molecule is CCCn1ccnc1CC(NN)c1ccc(F)cc1Br. The Morgan fingerprint density at radius 2 is 2.30 bits per heavy atom. The van der Waals surface area contributed by atoms with Crippen molar-refractivity contribution in [1.82, 2.24) is 15.0 Å². The van der Waals surface area contributed by atoms with Crippen LogP contribution in [0, 0.1) is 5.82 Å². The van der Waals surface area contributed by atoms with Crippen LogP contribution in [-0.4, -0.2) is 9.55 Å². The molecule has 1 unspecified atom stereocenters. The van der Waals surface area contributed by atoms with E-state index in [1.165, 1.54) is 12.1 Å². The van der Waals surface area contributed by atoms with Crippen molar-refractivity contribution in [2.24, 2.45) is 5.84 Å². The summed E-state index contributed by atoms with van der Waals surface area (Å²) in [6, 6.07) is 4.49. The number of halogens is 2. The van der Waals surface area contributed by atoms with Crippen molar-refractivity contribution in [2.75, 3.05) is 0 Å². The van der Waals surface area contributed by atoms with E-state index in [1.54, 1.807) is 12.3 Å². The van der Waals surface area contributed by atoms with Crippen molar-refractivity contribution in [2.45, 2.75) is 32.4 Å². The summed E-state index contributed by atoms with van der Waals surface area (Å²) in [5.74, 6) is 6.34. The molecule has 0 aliphatic rings. The average Bonchev–Trinajstić information content (AvgIpc) is 2.84. The fourth-order valence-corrected chi connectivity index (χ4v) is 2.83. The minimum absolute atomic E-state index is 0.122. The zero-order valence-electron chi connectivity index (χ0n) is 11.3. The number of aromatic nitrogens is 2. The van der Waals surface area contributed by atoms with E-state index in [-0.39, 0.29) is 11.9 Å². The highest BCUT2D eigenvalue weighted by Gasteiger charge is 2.16. The molecular weight excluding hydrogens is 323 g/mol. The summed E-state index contributed by atoms with van der Waals surface area (Å²) in [4.78, 5) is 4.37. The number of benzene rings is 1. The highest BCUT2D eigenvalue weighted by molar-refractivity contribution is 9.10. The van der Waals surface area contributed by atoms with Crippen molar-refractivity contribution in [3.8, 4) is 0 Å². The highest BCUT2D eigenvalue weighted by atomic mass is 79.9. The third kappa shape index (κ3) is 3.45. The maximum Gasteiger partial charge on any atom is 0.124 e. The molecule has 1 aromatic heterocycles. The van der Waals surface area contributed by atoms with Gasteiger partial charge < -0.3 is 4.57 Å². The Balaban J connectivity index is 2.22. The molecular formula is C14H18BrFN4. The molecule has 0 radical (unpaired) electrons. The number of rotatable bonds is 6. The number of hydrogen-bond donors (Lipinski definition) is 2. The first-order chi connectivity index (χ1) is 9.65. The number of nitrogens with two attached hydrogens (primary N) is 1. The Morgan fingerprint density at radius 1 is 1.50 bits per heavy atom. The van der Waals surface area contributed by atoms with Crippen molar-refractivity contribution in [3.05, 3.63) is 52.3 Å². The number of imidazole rings is 1. The van der Waals surface area contributed by atoms with Gasteiger partial charge in [-0.2, -0.15) is 0 Å². The summed E-state index contributed by atoms with van der Waals surface area (Å²) in [5, 5.41) is 0. The quantitative estimate of drug-likeness (QED) is 0.627. The van der Waals surface area contributed by atoms with E-state index in [0.29, 0.717) is 10.9 Å². The van der Waals surface area contributed by atoms with Gasteiger partial charge in [-0.1, -0.05) is 28.9 Å². The van der Waals surface area contributed by atoms with Crippen molar-refractivity contribution in [1.29, 1.82) is 0 Å². The average molecular weight is 341 g/mol.